The van der Waals surface area contributed by atoms with Gasteiger partial charge in [0.2, 0.25) is 5.91 Å². The number of benzene rings is 1. The number of likely N-dealkylation sites (tertiary alicyclic amines) is 1. The number of hydrogen-bond donors (Lipinski definition) is 3. The molecule has 1 fully saturated rings. The Balaban J connectivity index is 1.35. The Morgan fingerprint density at radius 1 is 1.27 bits per heavy atom. The summed E-state index contributed by atoms with van der Waals surface area (Å²) in [6, 6.07) is 5.85. The highest BCUT2D eigenvalue weighted by atomic mass is 16.5. The van der Waals surface area contributed by atoms with E-state index in [-0.39, 0.29) is 5.91 Å². The third-order valence-corrected chi connectivity index (χ3v) is 5.76. The summed E-state index contributed by atoms with van der Waals surface area (Å²) in [4.78, 5) is 18.7. The van der Waals surface area contributed by atoms with Crippen LogP contribution in [0.5, 0.6) is 5.75 Å². The molecule has 1 aromatic rings. The molecule has 2 aliphatic rings. The standard InChI is InChI=1S/C23H37N5O2/c1-3-24-23(25-11-4-13-28-14-9-18(2)10-15-28)26-12-16-30-20-6-7-21-19(17-20)5-8-22(29)27-21/h6-7,17-18H,3-5,8-16H2,1-2H3,(H,27,29)(H2,24,25,26). The van der Waals surface area contributed by atoms with Crippen LogP contribution in [-0.4, -0.2) is 62.6 Å². The molecule has 0 radical (unpaired) electrons. The highest BCUT2D eigenvalue weighted by molar-refractivity contribution is 5.94. The van der Waals surface area contributed by atoms with Crippen LogP contribution in [0.3, 0.4) is 0 Å². The predicted molar refractivity (Wildman–Crippen MR) is 122 cm³/mol. The van der Waals surface area contributed by atoms with Gasteiger partial charge in [0.15, 0.2) is 5.96 Å². The maximum Gasteiger partial charge on any atom is 0.224 e. The van der Waals surface area contributed by atoms with Gasteiger partial charge in [0.05, 0.1) is 6.54 Å². The summed E-state index contributed by atoms with van der Waals surface area (Å²) < 4.78 is 5.88. The van der Waals surface area contributed by atoms with Crippen molar-refractivity contribution >= 4 is 17.6 Å². The van der Waals surface area contributed by atoms with Crippen LogP contribution in [0, 0.1) is 5.92 Å². The number of aliphatic imine (C=N–C) groups is 1. The zero-order chi connectivity index (χ0) is 21.2. The zero-order valence-electron chi connectivity index (χ0n) is 18.5. The van der Waals surface area contributed by atoms with Gasteiger partial charge >= 0.3 is 0 Å². The van der Waals surface area contributed by atoms with E-state index in [4.69, 9.17) is 9.73 Å². The molecule has 3 N–H and O–H groups in total. The van der Waals surface area contributed by atoms with Crippen LogP contribution in [0.4, 0.5) is 5.69 Å². The Labute approximate surface area is 180 Å². The predicted octanol–water partition coefficient (Wildman–Crippen LogP) is 2.63. The van der Waals surface area contributed by atoms with Gasteiger partial charge in [-0.2, -0.15) is 0 Å². The van der Waals surface area contributed by atoms with Crippen molar-refractivity contribution in [3.63, 3.8) is 0 Å². The quantitative estimate of drug-likeness (QED) is 0.328. The summed E-state index contributed by atoms with van der Waals surface area (Å²) in [6.45, 7) is 10.9. The molecule has 2 heterocycles. The molecule has 1 aromatic carbocycles. The second-order valence-electron chi connectivity index (χ2n) is 8.28. The molecule has 1 saturated heterocycles. The fourth-order valence-corrected chi connectivity index (χ4v) is 3.90. The first-order chi connectivity index (χ1) is 14.6. The number of amides is 1. The van der Waals surface area contributed by atoms with Crippen molar-refractivity contribution in [2.75, 3.05) is 51.2 Å². The lowest BCUT2D eigenvalue weighted by atomic mass is 9.99. The molecular formula is C23H37N5O2. The summed E-state index contributed by atoms with van der Waals surface area (Å²) >= 11 is 0. The van der Waals surface area contributed by atoms with E-state index in [0.29, 0.717) is 19.6 Å². The van der Waals surface area contributed by atoms with Gasteiger partial charge in [-0.15, -0.1) is 0 Å². The molecule has 0 spiro atoms. The number of guanidine groups is 1. The first-order valence-corrected chi connectivity index (χ1v) is 11.4. The SMILES string of the molecule is CCNC(=NCCCN1CCC(C)CC1)NCCOc1ccc2c(c1)CCC(=O)N2. The molecule has 0 bridgehead atoms. The lowest BCUT2D eigenvalue weighted by Gasteiger charge is -2.29. The van der Waals surface area contributed by atoms with Gasteiger partial charge in [0, 0.05) is 25.2 Å². The van der Waals surface area contributed by atoms with Gasteiger partial charge in [-0.3, -0.25) is 9.79 Å². The van der Waals surface area contributed by atoms with Crippen LogP contribution in [0.15, 0.2) is 23.2 Å². The number of nitrogens with one attached hydrogen (secondary N) is 3. The average molecular weight is 416 g/mol. The second-order valence-corrected chi connectivity index (χ2v) is 8.28. The van der Waals surface area contributed by atoms with Crippen LogP contribution in [0.2, 0.25) is 0 Å². The summed E-state index contributed by atoms with van der Waals surface area (Å²) in [5.74, 6) is 2.65. The van der Waals surface area contributed by atoms with Crippen molar-refractivity contribution < 1.29 is 9.53 Å². The number of hydrogen-bond acceptors (Lipinski definition) is 4. The van der Waals surface area contributed by atoms with Gasteiger partial charge in [0.1, 0.15) is 12.4 Å². The van der Waals surface area contributed by atoms with Crippen molar-refractivity contribution in [3.05, 3.63) is 23.8 Å². The van der Waals surface area contributed by atoms with E-state index in [9.17, 15) is 4.79 Å². The van der Waals surface area contributed by atoms with E-state index >= 15 is 0 Å². The molecule has 0 atom stereocenters. The fraction of sp³-hybridized carbons (Fsp3) is 0.652. The highest BCUT2D eigenvalue weighted by Gasteiger charge is 2.15. The van der Waals surface area contributed by atoms with Gasteiger partial charge in [-0.25, -0.2) is 0 Å². The maximum absolute atomic E-state index is 11.5. The Morgan fingerprint density at radius 2 is 2.10 bits per heavy atom. The molecule has 2 aliphatic heterocycles. The normalized spacial score (nSPS) is 17.9. The smallest absolute Gasteiger partial charge is 0.224 e. The largest absolute Gasteiger partial charge is 0.492 e. The second kappa shape index (κ2) is 11.8. The number of rotatable bonds is 9. The summed E-state index contributed by atoms with van der Waals surface area (Å²) in [5, 5.41) is 9.54. The minimum Gasteiger partial charge on any atom is -0.492 e. The molecule has 0 aliphatic carbocycles. The maximum atomic E-state index is 11.5. The monoisotopic (exact) mass is 415 g/mol. The van der Waals surface area contributed by atoms with Crippen molar-refractivity contribution in [2.45, 2.75) is 46.0 Å². The topological polar surface area (TPSA) is 78.0 Å². The summed E-state index contributed by atoms with van der Waals surface area (Å²) in [5.41, 5.74) is 2.04. The van der Waals surface area contributed by atoms with Crippen molar-refractivity contribution in [1.29, 1.82) is 0 Å². The van der Waals surface area contributed by atoms with E-state index in [1.807, 2.05) is 18.2 Å². The summed E-state index contributed by atoms with van der Waals surface area (Å²) in [6.07, 6.45) is 5.05. The van der Waals surface area contributed by atoms with Crippen LogP contribution >= 0.6 is 0 Å². The van der Waals surface area contributed by atoms with Gasteiger partial charge < -0.3 is 25.6 Å². The Bertz CT molecular complexity index is 714. The lowest BCUT2D eigenvalue weighted by Crippen LogP contribution is -2.39. The van der Waals surface area contributed by atoms with E-state index in [1.54, 1.807) is 0 Å². The highest BCUT2D eigenvalue weighted by Crippen LogP contribution is 2.26. The van der Waals surface area contributed by atoms with Crippen molar-refractivity contribution in [1.82, 2.24) is 15.5 Å². The molecule has 30 heavy (non-hydrogen) atoms. The molecular weight excluding hydrogens is 378 g/mol. The van der Waals surface area contributed by atoms with E-state index < -0.39 is 0 Å². The van der Waals surface area contributed by atoms with E-state index in [2.05, 4.69) is 34.7 Å². The van der Waals surface area contributed by atoms with Crippen LogP contribution in [0.25, 0.3) is 0 Å². The molecule has 1 amide bonds. The fourth-order valence-electron chi connectivity index (χ4n) is 3.90. The number of nitrogens with zero attached hydrogens (tertiary/aromatic N) is 2. The van der Waals surface area contributed by atoms with Crippen molar-refractivity contribution in [3.8, 4) is 5.75 Å². The molecule has 0 saturated carbocycles. The van der Waals surface area contributed by atoms with Crippen LogP contribution in [-0.2, 0) is 11.2 Å². The Kier molecular flexibility index (Phi) is 8.81. The zero-order valence-corrected chi connectivity index (χ0v) is 18.5. The number of carbonyl (C=O) groups is 1. The van der Waals surface area contributed by atoms with Gasteiger partial charge in [-0.05, 0) is 81.9 Å². The number of carbonyl (C=O) groups excluding carboxylic acids is 1. The summed E-state index contributed by atoms with van der Waals surface area (Å²) in [7, 11) is 0. The number of anilines is 1. The minimum absolute atomic E-state index is 0.0844. The Hall–Kier alpha value is -2.28. The minimum atomic E-state index is 0.0844. The average Bonchev–Trinajstić information content (AvgIpc) is 2.75. The third-order valence-electron chi connectivity index (χ3n) is 5.76. The molecule has 0 unspecified atom stereocenters. The lowest BCUT2D eigenvalue weighted by molar-refractivity contribution is -0.116. The van der Waals surface area contributed by atoms with Gasteiger partial charge in [-0.1, -0.05) is 6.92 Å². The van der Waals surface area contributed by atoms with E-state index in [0.717, 1.165) is 61.4 Å². The molecule has 3 rings (SSSR count). The molecule has 0 aromatic heterocycles. The first kappa shape index (κ1) is 22.4. The molecule has 166 valence electrons. The van der Waals surface area contributed by atoms with Crippen LogP contribution < -0.4 is 20.7 Å². The number of ether oxygens (including phenoxy) is 1. The number of piperidine rings is 1. The number of aryl methyl sites for hydroxylation is 1. The molecule has 7 heteroatoms. The van der Waals surface area contributed by atoms with Crippen LogP contribution in [0.1, 0.15) is 45.1 Å². The number of fused-ring (bicyclic) bond motifs is 1. The first-order valence-electron chi connectivity index (χ1n) is 11.4. The van der Waals surface area contributed by atoms with Crippen molar-refractivity contribution in [2.24, 2.45) is 10.9 Å². The third kappa shape index (κ3) is 7.20. The van der Waals surface area contributed by atoms with E-state index in [1.165, 1.54) is 25.9 Å². The molecule has 7 nitrogen and oxygen atoms in total. The Morgan fingerprint density at radius 3 is 2.90 bits per heavy atom. The van der Waals surface area contributed by atoms with Gasteiger partial charge in [0.25, 0.3) is 0 Å².